The standard InChI is InChI=1S/C27H41IN6O2/c1-19(30-2)25(35)32-24(20-10-5-4-6-11-20)26(36)34-17-8-14-23(34)21-12-7-13-22(18-21)33(3)27(28)31-16-9-15-29/h7,9,12-13,15-16,18-20,23-24,27,30H,4-6,8,10-11,14,17,29H2,1-3H3,(H,32,35)/b15-9-,31-16-/t19-,23-,24-,27?/m0/s1. The van der Waals surface area contributed by atoms with E-state index in [0.717, 1.165) is 56.3 Å². The number of anilines is 1. The number of halogens is 1. The number of alkyl halides is 1. The van der Waals surface area contributed by atoms with Crippen LogP contribution in [0.5, 0.6) is 0 Å². The summed E-state index contributed by atoms with van der Waals surface area (Å²) in [6.45, 7) is 2.55. The van der Waals surface area contributed by atoms with Crippen molar-refractivity contribution in [3.63, 3.8) is 0 Å². The van der Waals surface area contributed by atoms with Gasteiger partial charge in [0.1, 0.15) is 6.04 Å². The lowest BCUT2D eigenvalue weighted by Gasteiger charge is -2.35. The molecule has 0 spiro atoms. The van der Waals surface area contributed by atoms with Crippen molar-refractivity contribution in [2.75, 3.05) is 25.5 Å². The minimum Gasteiger partial charge on any atom is -0.405 e. The lowest BCUT2D eigenvalue weighted by molar-refractivity contribution is -0.139. The molecule has 0 radical (unpaired) electrons. The minimum atomic E-state index is -0.469. The molecule has 2 aliphatic rings. The van der Waals surface area contributed by atoms with E-state index in [9.17, 15) is 9.59 Å². The van der Waals surface area contributed by atoms with Gasteiger partial charge in [-0.2, -0.15) is 0 Å². The molecule has 1 saturated carbocycles. The number of allylic oxidation sites excluding steroid dienone is 1. The molecule has 3 rings (SSSR count). The fourth-order valence-electron chi connectivity index (χ4n) is 5.16. The number of hydrogen-bond donors (Lipinski definition) is 3. The normalized spacial score (nSPS) is 21.6. The maximum absolute atomic E-state index is 14.0. The molecule has 2 fully saturated rings. The number of carbonyl (C=O) groups is 2. The highest BCUT2D eigenvalue weighted by Gasteiger charge is 2.39. The zero-order valence-corrected chi connectivity index (χ0v) is 23.9. The van der Waals surface area contributed by atoms with Gasteiger partial charge in [0, 0.05) is 25.5 Å². The predicted octanol–water partition coefficient (Wildman–Crippen LogP) is 3.72. The van der Waals surface area contributed by atoms with E-state index in [1.54, 1.807) is 19.3 Å². The number of aliphatic imine (C=N–C) groups is 1. The number of amides is 2. The van der Waals surface area contributed by atoms with Crippen LogP contribution in [0.15, 0.2) is 41.5 Å². The molecule has 9 heteroatoms. The van der Waals surface area contributed by atoms with E-state index in [2.05, 4.69) is 61.3 Å². The molecule has 1 saturated heterocycles. The van der Waals surface area contributed by atoms with E-state index in [0.29, 0.717) is 0 Å². The van der Waals surface area contributed by atoms with Crippen LogP contribution < -0.4 is 21.3 Å². The SMILES string of the molecule is CN[C@@H](C)C(=O)N[C@H](C(=O)N1CCC[C@H]1c1cccc(N(C)C(I)/N=C\C=C/N)c1)C1CCCCC1. The molecule has 4 N–H and O–H groups in total. The van der Waals surface area contributed by atoms with E-state index in [1.165, 1.54) is 12.6 Å². The molecule has 198 valence electrons. The van der Waals surface area contributed by atoms with E-state index >= 15 is 0 Å². The van der Waals surface area contributed by atoms with Gasteiger partial charge in [-0.05, 0) is 98.1 Å². The van der Waals surface area contributed by atoms with Crippen molar-refractivity contribution in [2.45, 2.75) is 74.2 Å². The third-order valence-corrected chi connectivity index (χ3v) is 8.59. The second kappa shape index (κ2) is 14.0. The minimum absolute atomic E-state index is 0.00639. The van der Waals surface area contributed by atoms with Gasteiger partial charge in [-0.1, -0.05) is 31.4 Å². The quantitative estimate of drug-likeness (QED) is 0.163. The lowest BCUT2D eigenvalue weighted by Crippen LogP contribution is -2.55. The van der Waals surface area contributed by atoms with Crippen LogP contribution in [-0.2, 0) is 9.59 Å². The van der Waals surface area contributed by atoms with Gasteiger partial charge in [-0.15, -0.1) is 0 Å². The highest BCUT2D eigenvalue weighted by molar-refractivity contribution is 14.1. The second-order valence-electron chi connectivity index (χ2n) is 9.78. The number of carbonyl (C=O) groups excluding carboxylic acids is 2. The summed E-state index contributed by atoms with van der Waals surface area (Å²) < 4.78 is -0.0876. The summed E-state index contributed by atoms with van der Waals surface area (Å²) in [5, 5.41) is 6.12. The molecular weight excluding hydrogens is 567 g/mol. The van der Waals surface area contributed by atoms with Crippen LogP contribution in [0.3, 0.4) is 0 Å². The average Bonchev–Trinajstić information content (AvgIpc) is 3.41. The molecule has 1 aromatic carbocycles. The van der Waals surface area contributed by atoms with E-state index < -0.39 is 6.04 Å². The molecule has 8 nitrogen and oxygen atoms in total. The smallest absolute Gasteiger partial charge is 0.245 e. The summed E-state index contributed by atoms with van der Waals surface area (Å²) in [4.78, 5) is 35.4. The number of nitrogens with two attached hydrogens (primary N) is 1. The number of rotatable bonds is 10. The molecule has 0 aromatic heterocycles. The summed E-state index contributed by atoms with van der Waals surface area (Å²) in [5.74, 6) is 0.141. The van der Waals surface area contributed by atoms with Crippen molar-refractivity contribution in [1.82, 2.24) is 15.5 Å². The molecule has 2 amide bonds. The Bertz CT molecular complexity index is 933. The van der Waals surface area contributed by atoms with Crippen molar-refractivity contribution in [3.8, 4) is 0 Å². The van der Waals surface area contributed by atoms with Crippen LogP contribution in [0, 0.1) is 5.92 Å². The topological polar surface area (TPSA) is 103 Å². The number of benzene rings is 1. The van der Waals surface area contributed by atoms with Crippen LogP contribution in [0.4, 0.5) is 5.69 Å². The molecule has 1 aliphatic heterocycles. The summed E-state index contributed by atoms with van der Waals surface area (Å²) in [7, 11) is 3.78. The highest BCUT2D eigenvalue weighted by Crippen LogP contribution is 2.36. The largest absolute Gasteiger partial charge is 0.405 e. The van der Waals surface area contributed by atoms with Crippen LogP contribution >= 0.6 is 22.6 Å². The third kappa shape index (κ3) is 7.21. The van der Waals surface area contributed by atoms with Crippen molar-refractivity contribution < 1.29 is 9.59 Å². The molecule has 1 unspecified atom stereocenters. The van der Waals surface area contributed by atoms with Crippen molar-refractivity contribution in [2.24, 2.45) is 16.6 Å². The zero-order chi connectivity index (χ0) is 26.1. The van der Waals surface area contributed by atoms with Crippen LogP contribution in [-0.4, -0.2) is 59.8 Å². The van der Waals surface area contributed by atoms with Gasteiger partial charge in [0.25, 0.3) is 0 Å². The number of hydrogen-bond acceptors (Lipinski definition) is 6. The zero-order valence-electron chi connectivity index (χ0n) is 21.7. The summed E-state index contributed by atoms with van der Waals surface area (Å²) in [5.41, 5.74) is 7.56. The highest BCUT2D eigenvalue weighted by atomic mass is 127. The van der Waals surface area contributed by atoms with Gasteiger partial charge in [-0.25, -0.2) is 0 Å². The Morgan fingerprint density at radius 1 is 1.22 bits per heavy atom. The molecule has 1 heterocycles. The average molecular weight is 609 g/mol. The van der Waals surface area contributed by atoms with Crippen molar-refractivity contribution in [1.29, 1.82) is 0 Å². The lowest BCUT2D eigenvalue weighted by atomic mass is 9.83. The second-order valence-corrected chi connectivity index (χ2v) is 10.9. The first-order valence-electron chi connectivity index (χ1n) is 13.0. The van der Waals surface area contributed by atoms with E-state index in [-0.39, 0.29) is 34.0 Å². The molecule has 4 atom stereocenters. The Morgan fingerprint density at radius 3 is 2.67 bits per heavy atom. The molecule has 0 bridgehead atoms. The molecule has 36 heavy (non-hydrogen) atoms. The van der Waals surface area contributed by atoms with Gasteiger partial charge in [0.15, 0.2) is 4.17 Å². The van der Waals surface area contributed by atoms with Gasteiger partial charge in [0.2, 0.25) is 11.8 Å². The molecule has 1 aromatic rings. The Hall–Kier alpha value is -2.14. The fourth-order valence-corrected chi connectivity index (χ4v) is 5.67. The summed E-state index contributed by atoms with van der Waals surface area (Å²) in [6, 6.07) is 7.57. The third-order valence-electron chi connectivity index (χ3n) is 7.44. The van der Waals surface area contributed by atoms with Crippen molar-refractivity contribution >= 4 is 46.3 Å². The molecule has 1 aliphatic carbocycles. The molecular formula is C27H41IN6O2. The predicted molar refractivity (Wildman–Crippen MR) is 155 cm³/mol. The van der Waals surface area contributed by atoms with E-state index in [1.807, 2.05) is 24.9 Å². The fraction of sp³-hybridized carbons (Fsp3) is 0.593. The van der Waals surface area contributed by atoms with Crippen molar-refractivity contribution in [3.05, 3.63) is 42.1 Å². The number of nitrogens with zero attached hydrogens (tertiary/aromatic N) is 3. The Labute approximate surface area is 229 Å². The maximum atomic E-state index is 14.0. The number of likely N-dealkylation sites (tertiary alicyclic amines) is 1. The van der Waals surface area contributed by atoms with Gasteiger partial charge in [0.05, 0.1) is 12.1 Å². The van der Waals surface area contributed by atoms with Crippen LogP contribution in [0.25, 0.3) is 0 Å². The first-order valence-corrected chi connectivity index (χ1v) is 14.3. The van der Waals surface area contributed by atoms with Gasteiger partial charge >= 0.3 is 0 Å². The first kappa shape index (κ1) is 28.4. The monoisotopic (exact) mass is 608 g/mol. The number of nitrogens with one attached hydrogen (secondary N) is 2. The van der Waals surface area contributed by atoms with Gasteiger partial charge in [-0.3, -0.25) is 14.6 Å². The maximum Gasteiger partial charge on any atom is 0.245 e. The van der Waals surface area contributed by atoms with Crippen LogP contribution in [0.2, 0.25) is 0 Å². The first-order chi connectivity index (χ1) is 17.4. The Morgan fingerprint density at radius 2 is 1.97 bits per heavy atom. The summed E-state index contributed by atoms with van der Waals surface area (Å²) >= 11 is 2.28. The van der Waals surface area contributed by atoms with Gasteiger partial charge < -0.3 is 26.2 Å². The van der Waals surface area contributed by atoms with Crippen LogP contribution in [0.1, 0.15) is 63.5 Å². The van der Waals surface area contributed by atoms with E-state index in [4.69, 9.17) is 5.73 Å². The Kier molecular flexibility index (Phi) is 11.0. The summed E-state index contributed by atoms with van der Waals surface area (Å²) in [6.07, 6.45) is 12.1. The Balaban J connectivity index is 1.81. The number of likely N-dealkylation sites (N-methyl/N-ethyl adjacent to an activating group) is 1.